The highest BCUT2D eigenvalue weighted by Gasteiger charge is 2.34. The second-order valence-electron chi connectivity index (χ2n) is 10.9. The summed E-state index contributed by atoms with van der Waals surface area (Å²) >= 11 is 0. The van der Waals surface area contributed by atoms with Gasteiger partial charge in [0.15, 0.2) is 0 Å². The second-order valence-corrected chi connectivity index (χ2v) is 15.6. The summed E-state index contributed by atoms with van der Waals surface area (Å²) in [6.45, 7) is 11.1. The Morgan fingerprint density at radius 1 is 1.05 bits per heavy atom. The molecule has 3 heterocycles. The Morgan fingerprint density at radius 3 is 2.46 bits per heavy atom. The van der Waals surface area contributed by atoms with E-state index in [1.165, 1.54) is 10.9 Å². The van der Waals surface area contributed by atoms with Crippen molar-refractivity contribution in [3.8, 4) is 28.5 Å². The fraction of sp³-hybridized carbons (Fsp3) is 0.290. The molecule has 0 radical (unpaired) electrons. The van der Waals surface area contributed by atoms with Gasteiger partial charge in [0.1, 0.15) is 8.07 Å². The molecule has 0 bridgehead atoms. The Bertz CT molecular complexity index is 1490. The smallest absolute Gasteiger partial charge is 0.298 e. The van der Waals surface area contributed by atoms with Crippen LogP contribution in [0.15, 0.2) is 66.9 Å². The maximum Gasteiger partial charge on any atom is 0.298 e. The van der Waals surface area contributed by atoms with Crippen LogP contribution in [0.2, 0.25) is 19.6 Å². The van der Waals surface area contributed by atoms with Crippen LogP contribution in [0.4, 0.5) is 0 Å². The van der Waals surface area contributed by atoms with E-state index in [1.807, 2.05) is 43.1 Å². The summed E-state index contributed by atoms with van der Waals surface area (Å²) in [5.74, 6) is 3.49. The molecule has 188 valence electrons. The summed E-state index contributed by atoms with van der Waals surface area (Å²) in [6, 6.07) is 20.5. The van der Waals surface area contributed by atoms with Gasteiger partial charge in [0, 0.05) is 41.0 Å². The zero-order chi connectivity index (χ0) is 26.2. The minimum absolute atomic E-state index is 0.0868. The molecule has 0 aliphatic carbocycles. The lowest BCUT2D eigenvalue weighted by atomic mass is 9.91. The minimum atomic E-state index is -1.67. The lowest BCUT2D eigenvalue weighted by Gasteiger charge is -2.35. The number of nitrogens with one attached hydrogen (secondary N) is 1. The van der Waals surface area contributed by atoms with Crippen molar-refractivity contribution in [3.63, 3.8) is 0 Å². The van der Waals surface area contributed by atoms with E-state index in [9.17, 15) is 4.79 Å². The summed E-state index contributed by atoms with van der Waals surface area (Å²) in [5, 5.41) is 1.23. The number of para-hydroxylation sites is 1. The minimum Gasteiger partial charge on any atom is -0.475 e. The van der Waals surface area contributed by atoms with Crippen molar-refractivity contribution < 1.29 is 9.53 Å². The number of hydrogen-bond acceptors (Lipinski definition) is 3. The number of H-pyrrole nitrogens is 1. The molecule has 0 saturated carbocycles. The predicted molar refractivity (Wildman–Crippen MR) is 152 cm³/mol. The summed E-state index contributed by atoms with van der Waals surface area (Å²) in [7, 11) is -1.67. The van der Waals surface area contributed by atoms with Crippen molar-refractivity contribution in [2.24, 2.45) is 0 Å². The maximum atomic E-state index is 13.4. The Kier molecular flexibility index (Phi) is 6.66. The van der Waals surface area contributed by atoms with E-state index < -0.39 is 8.07 Å². The molecule has 4 aromatic rings. The number of rotatable bonds is 4. The van der Waals surface area contributed by atoms with Crippen LogP contribution >= 0.6 is 0 Å². The van der Waals surface area contributed by atoms with Crippen molar-refractivity contribution in [3.05, 3.63) is 83.7 Å². The number of benzene rings is 2. The molecule has 1 unspecified atom stereocenters. The lowest BCUT2D eigenvalue weighted by Crippen LogP contribution is -2.40. The highest BCUT2D eigenvalue weighted by molar-refractivity contribution is 6.84. The molecule has 37 heavy (non-hydrogen) atoms. The van der Waals surface area contributed by atoms with Gasteiger partial charge in [-0.2, -0.15) is 0 Å². The number of hydrogen-bond donors (Lipinski definition) is 1. The topological polar surface area (TPSA) is 58.2 Å². The third-order valence-electron chi connectivity index (χ3n) is 6.49. The number of amides is 1. The van der Waals surface area contributed by atoms with E-state index in [1.54, 1.807) is 0 Å². The van der Waals surface area contributed by atoms with Gasteiger partial charge >= 0.3 is 0 Å². The number of carbonyl (C=O) groups is 1. The highest BCUT2D eigenvalue weighted by atomic mass is 28.3. The zero-order valence-corrected chi connectivity index (χ0v) is 23.1. The van der Waals surface area contributed by atoms with E-state index in [0.29, 0.717) is 12.4 Å². The number of carbonyl (C=O) groups excluding carboxylic acids is 1. The van der Waals surface area contributed by atoms with Crippen molar-refractivity contribution in [1.29, 1.82) is 0 Å². The first-order valence-corrected chi connectivity index (χ1v) is 16.4. The number of nitrogens with zero attached hydrogens (tertiary/aromatic N) is 2. The highest BCUT2D eigenvalue weighted by Crippen LogP contribution is 2.39. The Labute approximate surface area is 219 Å². The van der Waals surface area contributed by atoms with E-state index >= 15 is 0 Å². The molecule has 1 aliphatic heterocycles. The Balaban J connectivity index is 1.52. The number of aromatic nitrogens is 2. The van der Waals surface area contributed by atoms with Crippen molar-refractivity contribution in [1.82, 2.24) is 14.9 Å². The first-order chi connectivity index (χ1) is 17.7. The third-order valence-corrected chi connectivity index (χ3v) is 7.37. The molecule has 1 aliphatic rings. The van der Waals surface area contributed by atoms with Gasteiger partial charge in [-0.15, -0.1) is 5.54 Å². The van der Waals surface area contributed by atoms with Crippen LogP contribution in [-0.4, -0.2) is 41.5 Å². The normalized spacial score (nSPS) is 15.3. The van der Waals surface area contributed by atoms with Gasteiger partial charge in [-0.3, -0.25) is 4.79 Å². The summed E-state index contributed by atoms with van der Waals surface area (Å²) < 4.78 is 5.68. The van der Waals surface area contributed by atoms with Gasteiger partial charge in [0.2, 0.25) is 5.88 Å². The number of ether oxygens (including phenoxy) is 1. The van der Waals surface area contributed by atoms with Crippen molar-refractivity contribution in [2.45, 2.75) is 52.1 Å². The molecule has 1 N–H and O–H groups in total. The van der Waals surface area contributed by atoms with E-state index in [4.69, 9.17) is 4.74 Å². The van der Waals surface area contributed by atoms with Crippen LogP contribution in [0.5, 0.6) is 5.88 Å². The van der Waals surface area contributed by atoms with Gasteiger partial charge in [-0.25, -0.2) is 4.98 Å². The molecule has 0 spiro atoms. The first kappa shape index (κ1) is 24.9. The number of pyridine rings is 1. The van der Waals surface area contributed by atoms with Crippen molar-refractivity contribution >= 4 is 24.9 Å². The average molecular weight is 508 g/mol. The van der Waals surface area contributed by atoms with Crippen LogP contribution in [0.25, 0.3) is 22.0 Å². The fourth-order valence-electron chi connectivity index (χ4n) is 4.84. The van der Waals surface area contributed by atoms with Gasteiger partial charge in [0.05, 0.1) is 12.1 Å². The van der Waals surface area contributed by atoms with Gasteiger partial charge < -0.3 is 14.6 Å². The molecule has 5 nitrogen and oxygen atoms in total. The van der Waals surface area contributed by atoms with E-state index in [0.717, 1.165) is 34.3 Å². The molecular formula is C31H33N3O2Si. The van der Waals surface area contributed by atoms with Gasteiger partial charge in [-0.05, 0) is 55.0 Å². The van der Waals surface area contributed by atoms with Crippen LogP contribution < -0.4 is 4.74 Å². The molecule has 6 heteroatoms. The molecule has 1 atom stereocenters. The molecular weight excluding hydrogens is 474 g/mol. The standard InChI is InChI=1S/C31H33N3O2Si/c1-21(2)36-28-15-14-24(20-32-28)22-10-12-23(13-11-22)31-30-26(25-8-6-7-9-27(25)33-30)16-18-34(31)29(35)17-19-37(3,4)5/h6-15,20-21,31,33H,16,18H2,1-5H3. The maximum absolute atomic E-state index is 13.4. The van der Waals surface area contributed by atoms with Crippen LogP contribution in [0, 0.1) is 11.5 Å². The fourth-order valence-corrected chi connectivity index (χ4v) is 5.32. The van der Waals surface area contributed by atoms with E-state index in [2.05, 4.69) is 83.5 Å². The summed E-state index contributed by atoms with van der Waals surface area (Å²) in [5.41, 5.74) is 9.88. The lowest BCUT2D eigenvalue weighted by molar-refractivity contribution is -0.127. The van der Waals surface area contributed by atoms with Crippen LogP contribution in [0.1, 0.15) is 36.7 Å². The Hall–Kier alpha value is -3.82. The Morgan fingerprint density at radius 2 is 1.78 bits per heavy atom. The largest absolute Gasteiger partial charge is 0.475 e. The predicted octanol–water partition coefficient (Wildman–Crippen LogP) is 6.37. The zero-order valence-electron chi connectivity index (χ0n) is 22.1. The summed E-state index contributed by atoms with van der Waals surface area (Å²) in [4.78, 5) is 23.4. The molecule has 5 rings (SSSR count). The summed E-state index contributed by atoms with van der Waals surface area (Å²) in [6.07, 6.45) is 2.74. The number of aromatic amines is 1. The average Bonchev–Trinajstić information content (AvgIpc) is 3.25. The monoisotopic (exact) mass is 507 g/mol. The first-order valence-electron chi connectivity index (χ1n) is 12.9. The quantitative estimate of drug-likeness (QED) is 0.258. The molecule has 2 aromatic carbocycles. The number of fused-ring (bicyclic) bond motifs is 3. The van der Waals surface area contributed by atoms with Gasteiger partial charge in [0.25, 0.3) is 5.91 Å². The van der Waals surface area contributed by atoms with E-state index in [-0.39, 0.29) is 18.1 Å². The van der Waals surface area contributed by atoms with Crippen LogP contribution in [0.3, 0.4) is 0 Å². The van der Waals surface area contributed by atoms with Crippen LogP contribution in [-0.2, 0) is 11.2 Å². The molecule has 2 aromatic heterocycles. The SMILES string of the molecule is CC(C)Oc1ccc(-c2ccc(C3c4[nH]c5ccccc5c4CCN3C(=O)C#C[Si](C)(C)C)cc2)cn1. The second kappa shape index (κ2) is 9.91. The third kappa shape index (κ3) is 5.33. The van der Waals surface area contributed by atoms with Crippen molar-refractivity contribution in [2.75, 3.05) is 6.54 Å². The molecule has 0 saturated heterocycles. The molecule has 0 fully saturated rings. The molecule has 1 amide bonds. The van der Waals surface area contributed by atoms with Gasteiger partial charge in [-0.1, -0.05) is 62.1 Å².